The van der Waals surface area contributed by atoms with E-state index in [-0.39, 0.29) is 11.3 Å². The van der Waals surface area contributed by atoms with Gasteiger partial charge in [-0.15, -0.1) is 0 Å². The molecule has 0 bridgehead atoms. The van der Waals surface area contributed by atoms with E-state index in [1.165, 1.54) is 25.2 Å². The molecule has 2 unspecified atom stereocenters. The highest BCUT2D eigenvalue weighted by molar-refractivity contribution is 7.86. The van der Waals surface area contributed by atoms with Crippen molar-refractivity contribution in [1.29, 1.82) is 0 Å². The van der Waals surface area contributed by atoms with E-state index in [1.807, 2.05) is 0 Å². The van der Waals surface area contributed by atoms with Crippen molar-refractivity contribution in [3.05, 3.63) is 47.8 Å². The second-order valence-electron chi connectivity index (χ2n) is 5.79. The smallest absolute Gasteiger partial charge is 0.367 e. The zero-order valence-electron chi connectivity index (χ0n) is 14.2. The van der Waals surface area contributed by atoms with Crippen LogP contribution >= 0.6 is 0 Å². The Morgan fingerprint density at radius 1 is 1.36 bits per heavy atom. The van der Waals surface area contributed by atoms with Gasteiger partial charge < -0.3 is 18.8 Å². The summed E-state index contributed by atoms with van der Waals surface area (Å²) in [6.07, 6.45) is 4.19. The zero-order chi connectivity index (χ0) is 21.3. The number of ether oxygens (including phenoxy) is 3. The molecule has 0 fully saturated rings. The molecule has 0 aromatic heterocycles. The van der Waals surface area contributed by atoms with Crippen LogP contribution in [0.2, 0.25) is 0 Å². The SMILES string of the molecule is C=C(C)C(=O)OC1=CC2OC(=O)C(C(=O)OCC(F)(F)S(=O)(=O)[O-])=CC2C=C1. The fourth-order valence-corrected chi connectivity index (χ4v) is 2.27. The molecule has 1 heterocycles. The Balaban J connectivity index is 2.10. The third kappa shape index (κ3) is 4.70. The van der Waals surface area contributed by atoms with Crippen LogP contribution in [0.4, 0.5) is 8.78 Å². The number of esters is 3. The molecule has 152 valence electrons. The van der Waals surface area contributed by atoms with Gasteiger partial charge in [-0.3, -0.25) is 0 Å². The first-order valence-corrected chi connectivity index (χ1v) is 8.93. The topological polar surface area (TPSA) is 136 Å². The average molecular weight is 419 g/mol. The lowest BCUT2D eigenvalue weighted by Crippen LogP contribution is -2.37. The highest BCUT2D eigenvalue weighted by Crippen LogP contribution is 2.29. The lowest BCUT2D eigenvalue weighted by molar-refractivity contribution is -0.153. The van der Waals surface area contributed by atoms with Gasteiger partial charge in [0.2, 0.25) is 0 Å². The predicted molar refractivity (Wildman–Crippen MR) is 85.2 cm³/mol. The molecule has 0 N–H and O–H groups in total. The van der Waals surface area contributed by atoms with Crippen molar-refractivity contribution in [1.82, 2.24) is 0 Å². The third-order valence-corrected chi connectivity index (χ3v) is 4.38. The van der Waals surface area contributed by atoms with E-state index in [0.717, 1.165) is 6.08 Å². The zero-order valence-corrected chi connectivity index (χ0v) is 15.0. The Kier molecular flexibility index (Phi) is 5.85. The predicted octanol–water partition coefficient (Wildman–Crippen LogP) is 0.709. The van der Waals surface area contributed by atoms with Crippen molar-refractivity contribution in [2.75, 3.05) is 6.61 Å². The Morgan fingerprint density at radius 3 is 2.57 bits per heavy atom. The van der Waals surface area contributed by atoms with E-state index >= 15 is 0 Å². The van der Waals surface area contributed by atoms with Crippen molar-refractivity contribution in [3.8, 4) is 0 Å². The summed E-state index contributed by atoms with van der Waals surface area (Å²) in [6.45, 7) is 2.79. The van der Waals surface area contributed by atoms with Gasteiger partial charge in [0.25, 0.3) is 0 Å². The Morgan fingerprint density at radius 2 is 2.00 bits per heavy atom. The van der Waals surface area contributed by atoms with E-state index < -0.39 is 57.5 Å². The van der Waals surface area contributed by atoms with E-state index in [9.17, 15) is 36.1 Å². The van der Waals surface area contributed by atoms with Crippen LogP contribution in [0.5, 0.6) is 0 Å². The van der Waals surface area contributed by atoms with E-state index in [1.54, 1.807) is 0 Å². The van der Waals surface area contributed by atoms with Crippen molar-refractivity contribution < 1.29 is 50.3 Å². The Bertz CT molecular complexity index is 928. The average Bonchev–Trinajstić information content (AvgIpc) is 2.58. The first-order chi connectivity index (χ1) is 12.8. The molecule has 0 aromatic carbocycles. The number of alkyl halides is 2. The summed E-state index contributed by atoms with van der Waals surface area (Å²) in [5.74, 6) is -4.14. The molecule has 12 heteroatoms. The Labute approximate surface area is 157 Å². The van der Waals surface area contributed by atoms with Gasteiger partial charge in [-0.25, -0.2) is 22.8 Å². The molecule has 2 aliphatic rings. The summed E-state index contributed by atoms with van der Waals surface area (Å²) in [7, 11) is -6.05. The van der Waals surface area contributed by atoms with Crippen LogP contribution in [0.15, 0.2) is 47.8 Å². The minimum absolute atomic E-state index is 0.0711. The van der Waals surface area contributed by atoms with Gasteiger partial charge in [0.1, 0.15) is 17.4 Å². The maximum Gasteiger partial charge on any atom is 0.367 e. The molecule has 0 spiro atoms. The third-order valence-electron chi connectivity index (χ3n) is 3.53. The summed E-state index contributed by atoms with van der Waals surface area (Å²) in [6, 6.07) is 0. The van der Waals surface area contributed by atoms with E-state index in [0.29, 0.717) is 0 Å². The lowest BCUT2D eigenvalue weighted by atomic mass is 9.92. The number of carbonyl (C=O) groups excluding carboxylic acids is 3. The van der Waals surface area contributed by atoms with Gasteiger partial charge in [-0.05, 0) is 19.1 Å². The van der Waals surface area contributed by atoms with Crippen LogP contribution in [0, 0.1) is 5.92 Å². The molecule has 1 aliphatic heterocycles. The van der Waals surface area contributed by atoms with Gasteiger partial charge >= 0.3 is 23.2 Å². The maximum absolute atomic E-state index is 13.0. The Hall–Kier alpha value is -2.86. The van der Waals surface area contributed by atoms with Crippen molar-refractivity contribution in [2.24, 2.45) is 5.92 Å². The molecule has 2 atom stereocenters. The normalized spacial score (nSPS) is 21.6. The summed E-state index contributed by atoms with van der Waals surface area (Å²) < 4.78 is 71.3. The van der Waals surface area contributed by atoms with Gasteiger partial charge in [0.15, 0.2) is 16.7 Å². The number of carbonyl (C=O) groups is 3. The van der Waals surface area contributed by atoms with Crippen LogP contribution in [0.25, 0.3) is 0 Å². The first kappa shape index (κ1) is 21.4. The van der Waals surface area contributed by atoms with Gasteiger partial charge in [-0.1, -0.05) is 18.7 Å². The van der Waals surface area contributed by atoms with Gasteiger partial charge in [0, 0.05) is 11.5 Å². The van der Waals surface area contributed by atoms with E-state index in [4.69, 9.17) is 9.47 Å². The van der Waals surface area contributed by atoms with Crippen LogP contribution < -0.4 is 0 Å². The standard InChI is InChI=1S/C16H14F2O9S/c1-8(2)13(19)26-10-4-3-9-5-11(15(21)27-12(9)6-10)14(20)25-7-16(17,18)28(22,23)24/h3-6,9,12H,1,7H2,2H3,(H,22,23,24)/p-1. The molecule has 2 rings (SSSR count). The molecular formula is C16H13F2O9S-. The maximum atomic E-state index is 13.0. The molecule has 0 aromatic rings. The van der Waals surface area contributed by atoms with Crippen molar-refractivity contribution >= 4 is 28.0 Å². The molecule has 0 radical (unpaired) electrons. The fourth-order valence-electron chi connectivity index (χ4n) is 2.07. The molecule has 0 saturated heterocycles. The largest absolute Gasteiger partial charge is 0.743 e. The second kappa shape index (κ2) is 7.64. The summed E-state index contributed by atoms with van der Waals surface area (Å²) >= 11 is 0. The molecule has 28 heavy (non-hydrogen) atoms. The van der Waals surface area contributed by atoms with Crippen LogP contribution in [-0.4, -0.2) is 48.8 Å². The van der Waals surface area contributed by atoms with Gasteiger partial charge in [0.05, 0.1) is 0 Å². The van der Waals surface area contributed by atoms with Crippen molar-refractivity contribution in [3.63, 3.8) is 0 Å². The monoisotopic (exact) mass is 419 g/mol. The summed E-state index contributed by atoms with van der Waals surface area (Å²) in [5, 5.41) is -4.85. The second-order valence-corrected chi connectivity index (χ2v) is 7.30. The number of halogens is 2. The molecule has 1 aliphatic carbocycles. The fraction of sp³-hybridized carbons (Fsp3) is 0.312. The molecule has 0 amide bonds. The minimum Gasteiger partial charge on any atom is -0.743 e. The quantitative estimate of drug-likeness (QED) is 0.200. The van der Waals surface area contributed by atoms with Crippen LogP contribution in [0.1, 0.15) is 6.92 Å². The lowest BCUT2D eigenvalue weighted by Gasteiger charge is -2.28. The number of fused-ring (bicyclic) bond motifs is 1. The first-order valence-electron chi connectivity index (χ1n) is 7.53. The number of allylic oxidation sites excluding steroid dienone is 1. The number of hydrogen-bond acceptors (Lipinski definition) is 9. The van der Waals surface area contributed by atoms with Crippen LogP contribution in [0.3, 0.4) is 0 Å². The highest BCUT2D eigenvalue weighted by Gasteiger charge is 2.41. The molecule has 0 saturated carbocycles. The van der Waals surface area contributed by atoms with Crippen LogP contribution in [-0.2, 0) is 38.7 Å². The minimum atomic E-state index is -6.05. The summed E-state index contributed by atoms with van der Waals surface area (Å²) in [5.41, 5.74) is -0.611. The highest BCUT2D eigenvalue weighted by atomic mass is 32.2. The molecular weight excluding hydrogens is 406 g/mol. The van der Waals surface area contributed by atoms with Crippen molar-refractivity contribution in [2.45, 2.75) is 18.3 Å². The summed E-state index contributed by atoms with van der Waals surface area (Å²) in [4.78, 5) is 35.2. The molecule has 9 nitrogen and oxygen atoms in total. The number of rotatable bonds is 6. The van der Waals surface area contributed by atoms with Gasteiger partial charge in [-0.2, -0.15) is 8.78 Å². The van der Waals surface area contributed by atoms with E-state index in [2.05, 4.69) is 11.3 Å². The number of hydrogen-bond donors (Lipinski definition) is 0.